The fraction of sp³-hybridized carbons (Fsp3) is 0.583. The predicted octanol–water partition coefficient (Wildman–Crippen LogP) is 1.66. The molecule has 1 amide bonds. The average Bonchev–Trinajstić information content (AvgIpc) is 2.76. The van der Waals surface area contributed by atoms with Gasteiger partial charge in [-0.1, -0.05) is 6.92 Å². The Bertz CT molecular complexity index is 580. The fourth-order valence-electron chi connectivity index (χ4n) is 2.45. The first-order valence-electron chi connectivity index (χ1n) is 6.21. The highest BCUT2D eigenvalue weighted by Crippen LogP contribution is 2.26. The summed E-state index contributed by atoms with van der Waals surface area (Å²) in [7, 11) is -3.72. The number of nitrogens with zero attached hydrogens (tertiary/aromatic N) is 1. The first-order chi connectivity index (χ1) is 8.79. The van der Waals surface area contributed by atoms with Crippen LogP contribution in [0.5, 0.6) is 0 Å². The summed E-state index contributed by atoms with van der Waals surface area (Å²) in [5, 5.41) is 6.61. The van der Waals surface area contributed by atoms with Gasteiger partial charge in [0.05, 0.1) is 5.56 Å². The molecule has 5 nitrogen and oxygen atoms in total. The molecule has 0 bridgehead atoms. The molecule has 0 spiro atoms. The highest BCUT2D eigenvalue weighted by Gasteiger charge is 2.28. The van der Waals surface area contributed by atoms with Crippen molar-refractivity contribution >= 4 is 27.3 Å². The highest BCUT2D eigenvalue weighted by atomic mass is 32.2. The molecular weight excluding hydrogens is 284 g/mol. The van der Waals surface area contributed by atoms with E-state index in [2.05, 4.69) is 6.92 Å². The van der Waals surface area contributed by atoms with Crippen LogP contribution in [0.15, 0.2) is 15.7 Å². The van der Waals surface area contributed by atoms with Crippen molar-refractivity contribution < 1.29 is 13.2 Å². The summed E-state index contributed by atoms with van der Waals surface area (Å²) >= 11 is 0.990. The fourth-order valence-corrected chi connectivity index (χ4v) is 4.03. The van der Waals surface area contributed by atoms with E-state index in [1.165, 1.54) is 6.07 Å². The standard InChI is InChI=1S/C12H18N2O3S2/c1-8-3-4-14(9(2)5-8)12(15)10-6-11(18-7-10)19(13,16)17/h6-9H,3-5H2,1-2H3,(H2,13,16,17). The third-order valence-corrected chi connectivity index (χ3v) is 5.89. The Labute approximate surface area is 117 Å². The molecule has 7 heteroatoms. The monoisotopic (exact) mass is 302 g/mol. The Hall–Kier alpha value is -0.920. The maximum absolute atomic E-state index is 12.4. The first kappa shape index (κ1) is 14.5. The number of primary sulfonamides is 1. The summed E-state index contributed by atoms with van der Waals surface area (Å²) < 4.78 is 22.5. The number of nitrogens with two attached hydrogens (primary N) is 1. The number of carbonyl (C=O) groups excluding carboxylic acids is 1. The molecule has 2 rings (SSSR count). The summed E-state index contributed by atoms with van der Waals surface area (Å²) in [5.41, 5.74) is 0.412. The lowest BCUT2D eigenvalue weighted by Gasteiger charge is -2.36. The van der Waals surface area contributed by atoms with Crippen molar-refractivity contribution in [3.63, 3.8) is 0 Å². The van der Waals surface area contributed by atoms with Crippen molar-refractivity contribution in [2.45, 2.75) is 36.9 Å². The second-order valence-electron chi connectivity index (χ2n) is 5.18. The van der Waals surface area contributed by atoms with E-state index in [-0.39, 0.29) is 16.2 Å². The number of sulfonamides is 1. The Morgan fingerprint density at radius 2 is 2.16 bits per heavy atom. The maximum atomic E-state index is 12.4. The quantitative estimate of drug-likeness (QED) is 0.902. The van der Waals surface area contributed by atoms with E-state index in [1.54, 1.807) is 5.38 Å². The molecule has 1 saturated heterocycles. The number of likely N-dealkylation sites (tertiary alicyclic amines) is 1. The number of thiophene rings is 1. The van der Waals surface area contributed by atoms with E-state index < -0.39 is 10.0 Å². The minimum absolute atomic E-state index is 0.0360. The van der Waals surface area contributed by atoms with Crippen molar-refractivity contribution in [1.29, 1.82) is 0 Å². The molecule has 1 aliphatic heterocycles. The molecule has 1 aromatic rings. The van der Waals surface area contributed by atoms with Crippen LogP contribution in [0.25, 0.3) is 0 Å². The zero-order valence-electron chi connectivity index (χ0n) is 11.0. The second-order valence-corrected chi connectivity index (χ2v) is 7.88. The van der Waals surface area contributed by atoms with Gasteiger partial charge >= 0.3 is 0 Å². The Morgan fingerprint density at radius 3 is 2.68 bits per heavy atom. The number of amides is 1. The summed E-state index contributed by atoms with van der Waals surface area (Å²) in [6.07, 6.45) is 1.97. The molecular formula is C12H18N2O3S2. The van der Waals surface area contributed by atoms with E-state index in [0.29, 0.717) is 11.5 Å². The van der Waals surface area contributed by atoms with E-state index in [0.717, 1.165) is 30.7 Å². The Kier molecular flexibility index (Phi) is 3.98. The van der Waals surface area contributed by atoms with Crippen LogP contribution in [0.4, 0.5) is 0 Å². The van der Waals surface area contributed by atoms with Gasteiger partial charge in [-0.2, -0.15) is 0 Å². The van der Waals surface area contributed by atoms with Crippen molar-refractivity contribution in [2.24, 2.45) is 11.1 Å². The van der Waals surface area contributed by atoms with Crippen LogP contribution in [0.1, 0.15) is 37.0 Å². The van der Waals surface area contributed by atoms with Gasteiger partial charge in [0.1, 0.15) is 4.21 Å². The van der Waals surface area contributed by atoms with E-state index >= 15 is 0 Å². The van der Waals surface area contributed by atoms with Gasteiger partial charge in [0.15, 0.2) is 0 Å². The zero-order valence-corrected chi connectivity index (χ0v) is 12.6. The molecule has 0 radical (unpaired) electrons. The van der Waals surface area contributed by atoms with E-state index in [4.69, 9.17) is 5.14 Å². The molecule has 1 aromatic heterocycles. The normalized spacial score (nSPS) is 24.5. The maximum Gasteiger partial charge on any atom is 0.254 e. The third-order valence-electron chi connectivity index (χ3n) is 3.50. The lowest BCUT2D eigenvalue weighted by molar-refractivity contribution is 0.0589. The van der Waals surface area contributed by atoms with Crippen molar-refractivity contribution in [3.05, 3.63) is 17.0 Å². The molecule has 2 heterocycles. The van der Waals surface area contributed by atoms with Gasteiger partial charge < -0.3 is 4.90 Å². The minimum atomic E-state index is -3.72. The third kappa shape index (κ3) is 3.16. The van der Waals surface area contributed by atoms with Crippen LogP contribution in [-0.4, -0.2) is 31.8 Å². The van der Waals surface area contributed by atoms with Gasteiger partial charge in [-0.3, -0.25) is 4.79 Å². The topological polar surface area (TPSA) is 80.5 Å². The van der Waals surface area contributed by atoms with Gasteiger partial charge in [-0.05, 0) is 31.7 Å². The van der Waals surface area contributed by atoms with Gasteiger partial charge in [-0.15, -0.1) is 11.3 Å². The molecule has 0 aromatic carbocycles. The molecule has 106 valence electrons. The minimum Gasteiger partial charge on any atom is -0.336 e. The Morgan fingerprint density at radius 1 is 1.47 bits per heavy atom. The summed E-state index contributed by atoms with van der Waals surface area (Å²) in [6.45, 7) is 4.93. The summed E-state index contributed by atoms with van der Waals surface area (Å²) in [4.78, 5) is 14.2. The number of hydrogen-bond acceptors (Lipinski definition) is 4. The van der Waals surface area contributed by atoms with Crippen LogP contribution in [0.2, 0.25) is 0 Å². The number of rotatable bonds is 2. The Balaban J connectivity index is 2.18. The molecule has 2 N–H and O–H groups in total. The molecule has 1 fully saturated rings. The SMILES string of the molecule is CC1CCN(C(=O)c2csc(S(N)(=O)=O)c2)C(C)C1. The van der Waals surface area contributed by atoms with Crippen molar-refractivity contribution in [2.75, 3.05) is 6.54 Å². The smallest absolute Gasteiger partial charge is 0.254 e. The molecule has 19 heavy (non-hydrogen) atoms. The van der Waals surface area contributed by atoms with Crippen LogP contribution in [-0.2, 0) is 10.0 Å². The predicted molar refractivity (Wildman–Crippen MR) is 74.6 cm³/mol. The van der Waals surface area contributed by atoms with Crippen molar-refractivity contribution in [1.82, 2.24) is 4.90 Å². The number of hydrogen-bond donors (Lipinski definition) is 1. The van der Waals surface area contributed by atoms with E-state index in [1.807, 2.05) is 11.8 Å². The molecule has 2 atom stereocenters. The number of carbonyl (C=O) groups is 1. The summed E-state index contributed by atoms with van der Waals surface area (Å²) in [6, 6.07) is 1.56. The summed E-state index contributed by atoms with van der Waals surface area (Å²) in [5.74, 6) is 0.520. The lowest BCUT2D eigenvalue weighted by Crippen LogP contribution is -2.44. The van der Waals surface area contributed by atoms with Crippen LogP contribution < -0.4 is 5.14 Å². The number of piperidine rings is 1. The zero-order chi connectivity index (χ0) is 14.2. The molecule has 2 unspecified atom stereocenters. The highest BCUT2D eigenvalue weighted by molar-refractivity contribution is 7.91. The van der Waals surface area contributed by atoms with Crippen LogP contribution in [0.3, 0.4) is 0 Å². The largest absolute Gasteiger partial charge is 0.336 e. The van der Waals surface area contributed by atoms with Gasteiger partial charge in [-0.25, -0.2) is 13.6 Å². The van der Waals surface area contributed by atoms with E-state index in [9.17, 15) is 13.2 Å². The average molecular weight is 302 g/mol. The van der Waals surface area contributed by atoms with Crippen LogP contribution >= 0.6 is 11.3 Å². The van der Waals surface area contributed by atoms with Gasteiger partial charge in [0.2, 0.25) is 10.0 Å². The lowest BCUT2D eigenvalue weighted by atomic mass is 9.93. The van der Waals surface area contributed by atoms with Gasteiger partial charge in [0.25, 0.3) is 5.91 Å². The molecule has 0 saturated carbocycles. The molecule has 0 aliphatic carbocycles. The second kappa shape index (κ2) is 5.22. The molecule has 1 aliphatic rings. The van der Waals surface area contributed by atoms with Gasteiger partial charge in [0, 0.05) is 18.0 Å². The van der Waals surface area contributed by atoms with Crippen molar-refractivity contribution in [3.8, 4) is 0 Å². The first-order valence-corrected chi connectivity index (χ1v) is 8.64. The van der Waals surface area contributed by atoms with Crippen LogP contribution in [0, 0.1) is 5.92 Å².